The highest BCUT2D eigenvalue weighted by molar-refractivity contribution is 6.22. The van der Waals surface area contributed by atoms with E-state index in [9.17, 15) is 4.79 Å². The van der Waals surface area contributed by atoms with Crippen molar-refractivity contribution in [2.24, 2.45) is 0 Å². The first-order valence-corrected chi connectivity index (χ1v) is 8.88. The van der Waals surface area contributed by atoms with Crippen LogP contribution in [0, 0.1) is 0 Å². The molecule has 0 N–H and O–H groups in total. The van der Waals surface area contributed by atoms with Gasteiger partial charge in [-0.05, 0) is 0 Å². The predicted molar refractivity (Wildman–Crippen MR) is 107 cm³/mol. The Morgan fingerprint density at radius 3 is 1.50 bits per heavy atom. The summed E-state index contributed by atoms with van der Waals surface area (Å²) in [5.41, 5.74) is 3.93. The zero-order valence-corrected chi connectivity index (χ0v) is 14.4. The quantitative estimate of drug-likeness (QED) is 0.414. The Labute approximate surface area is 155 Å². The molecule has 0 amide bonds. The van der Waals surface area contributed by atoms with E-state index in [1.807, 2.05) is 36.4 Å². The lowest BCUT2D eigenvalue weighted by molar-refractivity contribution is 0.995. The number of fused-ring (bicyclic) bond motifs is 7. The number of para-hydroxylation sites is 2. The lowest BCUT2D eigenvalue weighted by Crippen LogP contribution is -2.18. The molecule has 0 fully saturated rings. The first-order chi connectivity index (χ1) is 13.8. The molecule has 7 aromatic rings. The van der Waals surface area contributed by atoms with Crippen LogP contribution in [-0.4, -0.2) is 28.7 Å². The van der Waals surface area contributed by atoms with E-state index in [0.29, 0.717) is 22.3 Å². The number of hydrogen-bond acceptors (Lipinski definition) is 5. The minimum atomic E-state index is -0.224. The van der Waals surface area contributed by atoms with Gasteiger partial charge in [-0.15, -0.1) is 0 Å². The van der Waals surface area contributed by atoms with E-state index in [2.05, 4.69) is 19.9 Å². The van der Waals surface area contributed by atoms with Gasteiger partial charge < -0.3 is 0 Å². The largest absolute Gasteiger partial charge is 0.340 e. The summed E-state index contributed by atoms with van der Waals surface area (Å²) in [5, 5.41) is 3.76. The summed E-state index contributed by atoms with van der Waals surface area (Å²) < 4.78 is 3.31. The second-order valence-corrected chi connectivity index (χ2v) is 6.81. The van der Waals surface area contributed by atoms with Gasteiger partial charge in [-0.1, -0.05) is 36.4 Å². The van der Waals surface area contributed by atoms with Gasteiger partial charge in [0.2, 0.25) is 0 Å². The van der Waals surface area contributed by atoms with Crippen LogP contribution in [-0.2, 0) is 0 Å². The van der Waals surface area contributed by atoms with E-state index in [-0.39, 0.29) is 5.69 Å². The highest BCUT2D eigenvalue weighted by Gasteiger charge is 2.21. The predicted octanol–water partition coefficient (Wildman–Crippen LogP) is 3.18. The highest BCUT2D eigenvalue weighted by Crippen LogP contribution is 2.35. The molecular weight excluding hydrogens is 352 g/mol. The fourth-order valence-electron chi connectivity index (χ4n) is 4.44. The Bertz CT molecular complexity index is 1670. The number of rotatable bonds is 0. The van der Waals surface area contributed by atoms with Gasteiger partial charge in [0.15, 0.2) is 11.3 Å². The van der Waals surface area contributed by atoms with Gasteiger partial charge in [0.1, 0.15) is 11.0 Å². The normalized spacial score (nSPS) is 12.4. The first kappa shape index (κ1) is 14.0. The summed E-state index contributed by atoms with van der Waals surface area (Å²) in [6.45, 7) is 0. The fourth-order valence-corrected chi connectivity index (χ4v) is 4.44. The molecule has 5 aromatic heterocycles. The third-order valence-electron chi connectivity index (χ3n) is 5.48. The van der Waals surface area contributed by atoms with E-state index >= 15 is 0 Å². The highest BCUT2D eigenvalue weighted by atomic mass is 16.1. The van der Waals surface area contributed by atoms with Crippen molar-refractivity contribution in [2.45, 2.75) is 0 Å². The summed E-state index contributed by atoms with van der Waals surface area (Å²) in [5.74, 6) is 0. The molecule has 7 rings (SSSR count). The first-order valence-electron chi connectivity index (χ1n) is 8.88. The molecule has 2 aromatic carbocycles. The number of nitrogens with zero attached hydrogens (tertiary/aromatic N) is 6. The van der Waals surface area contributed by atoms with Crippen LogP contribution < -0.4 is 5.69 Å². The van der Waals surface area contributed by atoms with Crippen molar-refractivity contribution >= 4 is 54.9 Å². The van der Waals surface area contributed by atoms with Crippen molar-refractivity contribution in [3.8, 4) is 0 Å². The van der Waals surface area contributed by atoms with Crippen LogP contribution in [0.25, 0.3) is 54.9 Å². The van der Waals surface area contributed by atoms with Crippen molar-refractivity contribution < 1.29 is 0 Å². The topological polar surface area (TPSA) is 77.5 Å². The van der Waals surface area contributed by atoms with Crippen LogP contribution in [0.2, 0.25) is 0 Å². The maximum Gasteiger partial charge on any atom is 0.340 e. The van der Waals surface area contributed by atoms with Gasteiger partial charge in [0.05, 0.1) is 11.0 Å². The number of aromatic nitrogens is 6. The smallest absolute Gasteiger partial charge is 0.251 e. The molecule has 0 aliphatic carbocycles. The van der Waals surface area contributed by atoms with Crippen LogP contribution in [0.3, 0.4) is 0 Å². The average molecular weight is 362 g/mol. The number of benzene rings is 2. The Balaban J connectivity index is 2.04. The molecule has 0 unspecified atom stereocenters. The summed E-state index contributed by atoms with van der Waals surface area (Å²) in [6.07, 6.45) is 6.52. The zero-order valence-electron chi connectivity index (χ0n) is 14.4. The second-order valence-electron chi connectivity index (χ2n) is 6.81. The van der Waals surface area contributed by atoms with Crippen molar-refractivity contribution in [2.75, 3.05) is 0 Å². The minimum absolute atomic E-state index is 0.224. The van der Waals surface area contributed by atoms with Gasteiger partial charge in [0.25, 0.3) is 0 Å². The standard InChI is InChI=1S/C21H10N6O/c28-21-26-17-11(3-1-5-13(17)15-19(26)24-9-7-22-15)12-4-2-6-14-16-20(25-10-8-23-16)27(21)18(12)14/h1-10H. The van der Waals surface area contributed by atoms with E-state index in [4.69, 9.17) is 0 Å². The van der Waals surface area contributed by atoms with Gasteiger partial charge in [-0.2, -0.15) is 0 Å². The van der Waals surface area contributed by atoms with Gasteiger partial charge in [-0.3, -0.25) is 9.97 Å². The molecule has 0 spiro atoms. The van der Waals surface area contributed by atoms with Crippen molar-refractivity contribution in [3.05, 3.63) is 71.7 Å². The second kappa shape index (κ2) is 4.58. The Kier molecular flexibility index (Phi) is 2.29. The fraction of sp³-hybridized carbons (Fsp3) is 0. The van der Waals surface area contributed by atoms with E-state index in [1.165, 1.54) is 0 Å². The maximum absolute atomic E-state index is 13.8. The van der Waals surface area contributed by atoms with Crippen molar-refractivity contribution in [1.82, 2.24) is 28.7 Å². The molecule has 5 heterocycles. The van der Waals surface area contributed by atoms with E-state index in [0.717, 1.165) is 32.6 Å². The molecule has 0 saturated heterocycles. The van der Waals surface area contributed by atoms with Gasteiger partial charge in [-0.25, -0.2) is 23.6 Å². The van der Waals surface area contributed by atoms with Crippen LogP contribution >= 0.6 is 0 Å². The summed E-state index contributed by atoms with van der Waals surface area (Å²) in [7, 11) is 0. The summed E-state index contributed by atoms with van der Waals surface area (Å²) >= 11 is 0. The average Bonchev–Trinajstić information content (AvgIpc) is 3.23. The molecule has 7 heteroatoms. The molecule has 28 heavy (non-hydrogen) atoms. The van der Waals surface area contributed by atoms with Crippen molar-refractivity contribution in [1.29, 1.82) is 0 Å². The molecule has 130 valence electrons. The maximum atomic E-state index is 13.8. The lowest BCUT2D eigenvalue weighted by Gasteiger charge is -1.98. The lowest BCUT2D eigenvalue weighted by atomic mass is 10.1. The molecule has 0 aliphatic rings. The summed E-state index contributed by atoms with van der Waals surface area (Å²) in [6, 6.07) is 12.0. The third-order valence-corrected chi connectivity index (χ3v) is 5.48. The molecule has 0 radical (unpaired) electrons. The Morgan fingerprint density at radius 2 is 1.00 bits per heavy atom. The molecule has 7 nitrogen and oxygen atoms in total. The van der Waals surface area contributed by atoms with Gasteiger partial charge in [0, 0.05) is 46.3 Å². The van der Waals surface area contributed by atoms with Crippen LogP contribution in [0.1, 0.15) is 0 Å². The van der Waals surface area contributed by atoms with Crippen LogP contribution in [0.4, 0.5) is 0 Å². The SMILES string of the molecule is O=c1n2c3nccnc3c3cccc(c4cccc5c6nccnc6n1c45)c32. The Hall–Kier alpha value is -4.13. The van der Waals surface area contributed by atoms with E-state index < -0.39 is 0 Å². The van der Waals surface area contributed by atoms with Crippen LogP contribution in [0.5, 0.6) is 0 Å². The molecular formula is C21H10N6O. The summed E-state index contributed by atoms with van der Waals surface area (Å²) in [4.78, 5) is 31.8. The Morgan fingerprint density at radius 1 is 0.571 bits per heavy atom. The third kappa shape index (κ3) is 1.42. The van der Waals surface area contributed by atoms with Crippen LogP contribution in [0.15, 0.2) is 66.0 Å². The molecule has 0 saturated carbocycles. The molecule has 0 aliphatic heterocycles. The van der Waals surface area contributed by atoms with E-state index in [1.54, 1.807) is 33.6 Å². The van der Waals surface area contributed by atoms with Crippen molar-refractivity contribution in [3.63, 3.8) is 0 Å². The molecule has 0 atom stereocenters. The zero-order chi connectivity index (χ0) is 18.4. The van der Waals surface area contributed by atoms with Gasteiger partial charge >= 0.3 is 5.69 Å². The minimum Gasteiger partial charge on any atom is -0.251 e. The monoisotopic (exact) mass is 362 g/mol. The molecule has 0 bridgehead atoms. The number of hydrogen-bond donors (Lipinski definition) is 0.